The number of thiazole rings is 1. The largest absolute Gasteiger partial charge is 0.496 e. The van der Waals surface area contributed by atoms with Crippen LogP contribution < -0.4 is 9.54 Å². The molecule has 1 heterocycles. The minimum Gasteiger partial charge on any atom is -0.496 e. The molecule has 0 aliphatic rings. The number of carbonyl (C=O) groups excluding carboxylic acids is 2. The highest BCUT2D eigenvalue weighted by molar-refractivity contribution is 7.16. The highest BCUT2D eigenvalue weighted by Crippen LogP contribution is 2.30. The van der Waals surface area contributed by atoms with E-state index in [4.69, 9.17) is 32.7 Å². The predicted octanol–water partition coefficient (Wildman–Crippen LogP) is 5.09. The predicted molar refractivity (Wildman–Crippen MR) is 122 cm³/mol. The summed E-state index contributed by atoms with van der Waals surface area (Å²) in [6.45, 7) is -0.154. The van der Waals surface area contributed by atoms with Crippen LogP contribution in [0.5, 0.6) is 5.75 Å². The molecule has 0 N–H and O–H groups in total. The molecule has 0 radical (unpaired) electrons. The van der Waals surface area contributed by atoms with Gasteiger partial charge in [0.15, 0.2) is 4.80 Å². The van der Waals surface area contributed by atoms with Crippen LogP contribution in [0, 0.1) is 0 Å². The molecule has 0 bridgehead atoms. The molecule has 0 spiro atoms. The molecular weight excluding hydrogens is 459 g/mol. The molecule has 0 unspecified atom stereocenters. The van der Waals surface area contributed by atoms with Crippen LogP contribution in [0.4, 0.5) is 0 Å². The van der Waals surface area contributed by atoms with Crippen molar-refractivity contribution in [3.63, 3.8) is 0 Å². The first-order valence-corrected chi connectivity index (χ1v) is 10.7. The monoisotopic (exact) mass is 474 g/mol. The molecular formula is C22H16Cl2N2O4S. The smallest absolute Gasteiger partial charge is 0.325 e. The van der Waals surface area contributed by atoms with Crippen molar-refractivity contribution >= 4 is 67.4 Å². The van der Waals surface area contributed by atoms with Gasteiger partial charge in [-0.25, -0.2) is 0 Å². The zero-order valence-electron chi connectivity index (χ0n) is 16.5. The number of aromatic nitrogens is 1. The van der Waals surface area contributed by atoms with Crippen molar-refractivity contribution in [1.29, 1.82) is 0 Å². The molecule has 0 atom stereocenters. The van der Waals surface area contributed by atoms with Crippen molar-refractivity contribution in [3.8, 4) is 5.75 Å². The first-order chi connectivity index (χ1) is 14.9. The standard InChI is InChI=1S/C22H16Cl2N2O4S/c1-29-17-8-13-6-4-3-5-12(13)7-15(17)21(28)25-22-26(11-19(27)30-2)20-16(24)9-14(23)10-18(20)31-22/h3-10H,11H2,1-2H3. The molecule has 0 saturated heterocycles. The van der Waals surface area contributed by atoms with Gasteiger partial charge < -0.3 is 14.0 Å². The maximum absolute atomic E-state index is 13.1. The van der Waals surface area contributed by atoms with E-state index < -0.39 is 11.9 Å². The number of nitrogens with zero attached hydrogens (tertiary/aromatic N) is 2. The Hall–Kier alpha value is -2.87. The van der Waals surface area contributed by atoms with Gasteiger partial charge in [-0.05, 0) is 35.0 Å². The minimum atomic E-state index is -0.505. The van der Waals surface area contributed by atoms with Gasteiger partial charge >= 0.3 is 5.97 Å². The summed E-state index contributed by atoms with van der Waals surface area (Å²) >= 11 is 13.7. The summed E-state index contributed by atoms with van der Waals surface area (Å²) in [5, 5.41) is 2.62. The van der Waals surface area contributed by atoms with E-state index in [1.165, 1.54) is 25.6 Å². The number of ether oxygens (including phenoxy) is 2. The molecule has 9 heteroatoms. The number of esters is 1. The lowest BCUT2D eigenvalue weighted by Gasteiger charge is -2.08. The molecule has 0 fully saturated rings. The molecule has 1 aromatic heterocycles. The highest BCUT2D eigenvalue weighted by Gasteiger charge is 2.18. The van der Waals surface area contributed by atoms with Crippen LogP contribution in [0.25, 0.3) is 21.0 Å². The van der Waals surface area contributed by atoms with Crippen molar-refractivity contribution < 1.29 is 19.1 Å². The van der Waals surface area contributed by atoms with Gasteiger partial charge in [-0.3, -0.25) is 9.59 Å². The van der Waals surface area contributed by atoms with E-state index in [9.17, 15) is 9.59 Å². The van der Waals surface area contributed by atoms with E-state index in [1.54, 1.807) is 28.8 Å². The number of methoxy groups -OCH3 is 2. The lowest BCUT2D eigenvalue weighted by Crippen LogP contribution is -2.22. The fourth-order valence-electron chi connectivity index (χ4n) is 3.26. The molecule has 4 rings (SSSR count). The van der Waals surface area contributed by atoms with Crippen LogP contribution in [0.1, 0.15) is 10.4 Å². The van der Waals surface area contributed by atoms with E-state index in [-0.39, 0.29) is 6.54 Å². The number of rotatable bonds is 4. The summed E-state index contributed by atoms with van der Waals surface area (Å²) in [5.74, 6) is -0.591. The second-order valence-corrected chi connectivity index (χ2v) is 8.45. The van der Waals surface area contributed by atoms with Crippen molar-refractivity contribution in [2.75, 3.05) is 14.2 Å². The third-order valence-electron chi connectivity index (χ3n) is 4.71. The zero-order valence-corrected chi connectivity index (χ0v) is 18.8. The SMILES string of the molecule is COC(=O)Cn1c(=NC(=O)c2cc3ccccc3cc2OC)sc2cc(Cl)cc(Cl)c21. The Balaban J connectivity index is 1.92. The summed E-state index contributed by atoms with van der Waals surface area (Å²) in [5.41, 5.74) is 0.867. The molecule has 4 aromatic rings. The van der Waals surface area contributed by atoms with Crippen molar-refractivity contribution in [3.05, 3.63) is 68.9 Å². The summed E-state index contributed by atoms with van der Waals surface area (Å²) in [7, 11) is 2.79. The molecule has 158 valence electrons. The van der Waals surface area contributed by atoms with Gasteiger partial charge in [-0.1, -0.05) is 58.8 Å². The van der Waals surface area contributed by atoms with Crippen molar-refractivity contribution in [1.82, 2.24) is 4.57 Å². The summed E-state index contributed by atoms with van der Waals surface area (Å²) in [6.07, 6.45) is 0. The van der Waals surface area contributed by atoms with Gasteiger partial charge in [0.1, 0.15) is 12.3 Å². The Morgan fingerprint density at radius 3 is 2.45 bits per heavy atom. The Labute approximate surface area is 191 Å². The minimum absolute atomic E-state index is 0.154. The molecule has 3 aromatic carbocycles. The van der Waals surface area contributed by atoms with Crippen LogP contribution in [0.15, 0.2) is 53.5 Å². The van der Waals surface area contributed by atoms with E-state index in [2.05, 4.69) is 4.99 Å². The summed E-state index contributed by atoms with van der Waals surface area (Å²) in [6, 6.07) is 14.5. The third kappa shape index (κ3) is 4.17. The van der Waals surface area contributed by atoms with Gasteiger partial charge in [0.05, 0.1) is 35.0 Å². The Kier molecular flexibility index (Phi) is 6.00. The number of halogens is 2. The van der Waals surface area contributed by atoms with E-state index in [0.29, 0.717) is 36.4 Å². The Morgan fingerprint density at radius 2 is 1.77 bits per heavy atom. The molecule has 0 aliphatic carbocycles. The molecule has 0 aliphatic heterocycles. The number of hydrogen-bond donors (Lipinski definition) is 0. The van der Waals surface area contributed by atoms with Crippen LogP contribution in [0.3, 0.4) is 0 Å². The van der Waals surface area contributed by atoms with Crippen LogP contribution in [-0.2, 0) is 16.1 Å². The second kappa shape index (κ2) is 8.70. The molecule has 0 saturated carbocycles. The van der Waals surface area contributed by atoms with Gasteiger partial charge in [0.25, 0.3) is 5.91 Å². The van der Waals surface area contributed by atoms with E-state index >= 15 is 0 Å². The lowest BCUT2D eigenvalue weighted by molar-refractivity contribution is -0.141. The fourth-order valence-corrected chi connectivity index (χ4v) is 5.07. The van der Waals surface area contributed by atoms with E-state index in [0.717, 1.165) is 10.8 Å². The number of amides is 1. The van der Waals surface area contributed by atoms with Crippen molar-refractivity contribution in [2.45, 2.75) is 6.54 Å². The first kappa shape index (κ1) is 21.4. The van der Waals surface area contributed by atoms with Crippen LogP contribution in [0.2, 0.25) is 10.0 Å². The molecule has 31 heavy (non-hydrogen) atoms. The Morgan fingerprint density at radius 1 is 1.06 bits per heavy atom. The average Bonchev–Trinajstić information content (AvgIpc) is 3.09. The zero-order chi connectivity index (χ0) is 22.1. The maximum Gasteiger partial charge on any atom is 0.325 e. The maximum atomic E-state index is 13.1. The van der Waals surface area contributed by atoms with E-state index in [1.807, 2.05) is 24.3 Å². The summed E-state index contributed by atoms with van der Waals surface area (Å²) < 4.78 is 12.5. The Bertz CT molecular complexity index is 1410. The fraction of sp³-hybridized carbons (Fsp3) is 0.136. The number of fused-ring (bicyclic) bond motifs is 2. The van der Waals surface area contributed by atoms with Crippen LogP contribution in [-0.4, -0.2) is 30.7 Å². The second-order valence-electron chi connectivity index (χ2n) is 6.60. The van der Waals surface area contributed by atoms with Gasteiger partial charge in [-0.2, -0.15) is 4.99 Å². The number of carbonyl (C=O) groups is 2. The van der Waals surface area contributed by atoms with Crippen molar-refractivity contribution in [2.24, 2.45) is 4.99 Å². The summed E-state index contributed by atoms with van der Waals surface area (Å²) in [4.78, 5) is 29.7. The lowest BCUT2D eigenvalue weighted by atomic mass is 10.1. The van der Waals surface area contributed by atoms with Crippen LogP contribution >= 0.6 is 34.5 Å². The highest BCUT2D eigenvalue weighted by atomic mass is 35.5. The van der Waals surface area contributed by atoms with Gasteiger partial charge in [-0.15, -0.1) is 0 Å². The van der Waals surface area contributed by atoms with Gasteiger partial charge in [0, 0.05) is 5.02 Å². The van der Waals surface area contributed by atoms with Gasteiger partial charge in [0.2, 0.25) is 0 Å². The quantitative estimate of drug-likeness (QED) is 0.386. The molecule has 6 nitrogen and oxygen atoms in total. The number of benzene rings is 3. The third-order valence-corrected chi connectivity index (χ3v) is 6.24. The average molecular weight is 475 g/mol. The molecule has 1 amide bonds. The normalized spacial score (nSPS) is 11.8. The topological polar surface area (TPSA) is 69.9 Å². The first-order valence-electron chi connectivity index (χ1n) is 9.12. The number of hydrogen-bond acceptors (Lipinski definition) is 5.